The minimum Gasteiger partial charge on any atom is -0.0625 e. The van der Waals surface area contributed by atoms with Gasteiger partial charge in [-0.25, -0.2) is 0 Å². The van der Waals surface area contributed by atoms with Crippen molar-refractivity contribution < 1.29 is 17.4 Å². The van der Waals surface area contributed by atoms with Gasteiger partial charge < -0.3 is 0 Å². The zero-order valence-corrected chi connectivity index (χ0v) is 15.0. The van der Waals surface area contributed by atoms with Crippen LogP contribution in [0.15, 0.2) is 60.7 Å². The molecule has 0 heterocycles. The molecule has 0 atom stereocenters. The molecule has 0 aromatic heterocycles. The van der Waals surface area contributed by atoms with Gasteiger partial charge in [0.15, 0.2) is 0 Å². The number of hydrogen-bond acceptors (Lipinski definition) is 0. The molecule has 2 aromatic rings. The Balaban J connectivity index is 0.000000364. The Hall–Kier alpha value is -1.03. The van der Waals surface area contributed by atoms with Crippen molar-refractivity contribution in [2.75, 3.05) is 0 Å². The van der Waals surface area contributed by atoms with Crippen molar-refractivity contribution >= 4 is 0 Å². The molecular weight excluding hydrogens is 292 g/mol. The van der Waals surface area contributed by atoms with Crippen molar-refractivity contribution in [2.45, 2.75) is 40.5 Å². The molecule has 0 bridgehead atoms. The monoisotopic (exact) mass is 320 g/mol. The van der Waals surface area contributed by atoms with E-state index < -0.39 is 0 Å². The zero-order chi connectivity index (χ0) is 14.8. The maximum atomic E-state index is 2.24. The van der Waals surface area contributed by atoms with Crippen LogP contribution in [0, 0.1) is 11.8 Å². The van der Waals surface area contributed by atoms with Crippen LogP contribution in [-0.4, -0.2) is 0 Å². The average Bonchev–Trinajstić information content (AvgIpc) is 2.40. The van der Waals surface area contributed by atoms with Gasteiger partial charge in [0.1, 0.15) is 0 Å². The molecule has 2 rings (SSSR count). The van der Waals surface area contributed by atoms with Gasteiger partial charge >= 0.3 is 0 Å². The molecule has 0 unspecified atom stereocenters. The molecule has 0 aliphatic heterocycles. The van der Waals surface area contributed by atoms with E-state index in [4.69, 9.17) is 0 Å². The molecule has 2 aromatic carbocycles. The fourth-order valence-electron chi connectivity index (χ4n) is 2.17. The molecule has 0 aliphatic carbocycles. The van der Waals surface area contributed by atoms with Crippen LogP contribution in [0.1, 0.15) is 38.8 Å². The third-order valence-corrected chi connectivity index (χ3v) is 2.97. The Morgan fingerprint density at radius 1 is 0.571 bits per heavy atom. The normalized spacial score (nSPS) is 9.81. The molecule has 1 heteroatoms. The molecule has 0 aliphatic rings. The maximum absolute atomic E-state index is 2.24. The predicted molar refractivity (Wildman–Crippen MR) is 90.0 cm³/mol. The van der Waals surface area contributed by atoms with E-state index in [9.17, 15) is 0 Å². The molecule has 0 saturated carbocycles. The number of rotatable bonds is 4. The van der Waals surface area contributed by atoms with Gasteiger partial charge in [-0.05, 0) is 35.8 Å². The minimum absolute atomic E-state index is 0. The summed E-state index contributed by atoms with van der Waals surface area (Å²) in [5, 5.41) is 0. The largest absolute Gasteiger partial charge is 0.0625 e. The maximum Gasteiger partial charge on any atom is 0 e. The second kappa shape index (κ2) is 11.6. The molecule has 0 fully saturated rings. The summed E-state index contributed by atoms with van der Waals surface area (Å²) >= 11 is 0. The van der Waals surface area contributed by atoms with E-state index in [1.165, 1.54) is 24.0 Å². The van der Waals surface area contributed by atoms with E-state index in [1.807, 2.05) is 0 Å². The Morgan fingerprint density at radius 2 is 0.857 bits per heavy atom. The fourth-order valence-corrected chi connectivity index (χ4v) is 2.17. The van der Waals surface area contributed by atoms with Crippen LogP contribution < -0.4 is 0 Å². The quantitative estimate of drug-likeness (QED) is 0.671. The van der Waals surface area contributed by atoms with E-state index in [0.717, 1.165) is 11.8 Å². The molecule has 0 nitrogen and oxygen atoms in total. The predicted octanol–water partition coefficient (Wildman–Crippen LogP) is 5.77. The second-order valence-electron chi connectivity index (χ2n) is 6.17. The summed E-state index contributed by atoms with van der Waals surface area (Å²) in [5.41, 5.74) is 2.88. The van der Waals surface area contributed by atoms with E-state index in [1.54, 1.807) is 0 Å². The Morgan fingerprint density at radius 3 is 1.10 bits per heavy atom. The van der Waals surface area contributed by atoms with Crippen molar-refractivity contribution in [1.29, 1.82) is 0 Å². The fraction of sp³-hybridized carbons (Fsp3) is 0.400. The number of hydrogen-bond donors (Lipinski definition) is 0. The molecule has 0 amide bonds. The minimum atomic E-state index is 0. The Kier molecular flexibility index (Phi) is 11.0. The average molecular weight is 320 g/mol. The molecule has 21 heavy (non-hydrogen) atoms. The van der Waals surface area contributed by atoms with Gasteiger partial charge in [0.2, 0.25) is 0 Å². The first-order valence-electron chi connectivity index (χ1n) is 7.65. The van der Waals surface area contributed by atoms with Crippen LogP contribution in [0.4, 0.5) is 0 Å². The summed E-state index contributed by atoms with van der Waals surface area (Å²) in [7, 11) is 0. The Bertz CT molecular complexity index is 400. The molecule has 0 spiro atoms. The van der Waals surface area contributed by atoms with Gasteiger partial charge in [0.25, 0.3) is 0 Å². The summed E-state index contributed by atoms with van der Waals surface area (Å²) in [4.78, 5) is 0. The first-order valence-corrected chi connectivity index (χ1v) is 7.65. The van der Waals surface area contributed by atoms with Gasteiger partial charge in [-0.15, -0.1) is 0 Å². The van der Waals surface area contributed by atoms with Crippen molar-refractivity contribution in [1.82, 2.24) is 0 Å². The topological polar surface area (TPSA) is 0 Å². The SMILES string of the molecule is CC(C)Cc1ccccc1.CC(C)Cc1ccccc1.[Cr]. The van der Waals surface area contributed by atoms with E-state index in [-0.39, 0.29) is 17.4 Å². The van der Waals surface area contributed by atoms with Gasteiger partial charge in [0, 0.05) is 17.4 Å². The van der Waals surface area contributed by atoms with Crippen LogP contribution in [0.5, 0.6) is 0 Å². The van der Waals surface area contributed by atoms with Crippen LogP contribution >= 0.6 is 0 Å². The van der Waals surface area contributed by atoms with Crippen LogP contribution in [-0.2, 0) is 30.2 Å². The van der Waals surface area contributed by atoms with Gasteiger partial charge in [0.05, 0.1) is 0 Å². The summed E-state index contributed by atoms with van der Waals surface area (Å²) in [5.74, 6) is 1.53. The molecule has 0 N–H and O–H groups in total. The first kappa shape index (κ1) is 20.0. The second-order valence-corrected chi connectivity index (χ2v) is 6.17. The first-order chi connectivity index (χ1) is 9.58. The van der Waals surface area contributed by atoms with Gasteiger partial charge in [-0.2, -0.15) is 0 Å². The third-order valence-electron chi connectivity index (χ3n) is 2.97. The molecule has 0 saturated heterocycles. The number of benzene rings is 2. The standard InChI is InChI=1S/2C10H14.Cr/c2*1-9(2)8-10-6-4-3-5-7-10;/h2*3-7,9H,8H2,1-2H3;. The molecular formula is C20H28Cr. The van der Waals surface area contributed by atoms with Crippen molar-refractivity contribution in [3.05, 3.63) is 71.8 Å². The van der Waals surface area contributed by atoms with Crippen molar-refractivity contribution in [2.24, 2.45) is 11.8 Å². The summed E-state index contributed by atoms with van der Waals surface area (Å²) in [6, 6.07) is 21.2. The third kappa shape index (κ3) is 10.4. The zero-order valence-electron chi connectivity index (χ0n) is 13.8. The van der Waals surface area contributed by atoms with Crippen LogP contribution in [0.2, 0.25) is 0 Å². The van der Waals surface area contributed by atoms with Crippen molar-refractivity contribution in [3.63, 3.8) is 0 Å². The van der Waals surface area contributed by atoms with Gasteiger partial charge in [-0.1, -0.05) is 88.4 Å². The smallest absolute Gasteiger partial charge is 0 e. The molecule has 0 radical (unpaired) electrons. The summed E-state index contributed by atoms with van der Waals surface area (Å²) < 4.78 is 0. The van der Waals surface area contributed by atoms with E-state index in [0.29, 0.717) is 0 Å². The van der Waals surface area contributed by atoms with Crippen molar-refractivity contribution in [3.8, 4) is 0 Å². The van der Waals surface area contributed by atoms with Crippen LogP contribution in [0.25, 0.3) is 0 Å². The molecule has 114 valence electrons. The van der Waals surface area contributed by atoms with Gasteiger partial charge in [-0.3, -0.25) is 0 Å². The van der Waals surface area contributed by atoms with Crippen LogP contribution in [0.3, 0.4) is 0 Å². The summed E-state index contributed by atoms with van der Waals surface area (Å²) in [6.45, 7) is 8.97. The summed E-state index contributed by atoms with van der Waals surface area (Å²) in [6.07, 6.45) is 2.39. The Labute approximate surface area is 141 Å². The van der Waals surface area contributed by atoms with E-state index >= 15 is 0 Å². The van der Waals surface area contributed by atoms with E-state index in [2.05, 4.69) is 88.4 Å².